The molecule has 0 aliphatic heterocycles. The highest BCUT2D eigenvalue weighted by molar-refractivity contribution is 5.98. The van der Waals surface area contributed by atoms with Gasteiger partial charge in [0.15, 0.2) is 0 Å². The van der Waals surface area contributed by atoms with Crippen molar-refractivity contribution in [1.29, 1.82) is 0 Å². The van der Waals surface area contributed by atoms with Gasteiger partial charge in [-0.05, 0) is 55.9 Å². The number of hydrogen-bond donors (Lipinski definition) is 2. The molecule has 1 heterocycles. The van der Waals surface area contributed by atoms with Crippen molar-refractivity contribution in [3.05, 3.63) is 42.2 Å². The molecule has 0 bridgehead atoms. The standard InChI is InChI=1S/C17H20N4O3/c1-12-6-8-17(9-7-12,16(23)24)19-15(22)13-2-4-14(5-3-13)21-11-10-18-20-21/h2-5,10-12H,6-9H2,1H3,(H,19,22)(H,23,24). The lowest BCUT2D eigenvalue weighted by Gasteiger charge is -2.36. The van der Waals surface area contributed by atoms with E-state index in [1.165, 1.54) is 0 Å². The lowest BCUT2D eigenvalue weighted by molar-refractivity contribution is -0.146. The fraction of sp³-hybridized carbons (Fsp3) is 0.412. The van der Waals surface area contributed by atoms with E-state index in [1.54, 1.807) is 41.3 Å². The van der Waals surface area contributed by atoms with E-state index in [1.807, 2.05) is 0 Å². The Kier molecular flexibility index (Phi) is 4.33. The smallest absolute Gasteiger partial charge is 0.329 e. The van der Waals surface area contributed by atoms with Gasteiger partial charge in [-0.15, -0.1) is 5.10 Å². The average molecular weight is 328 g/mol. The second-order valence-electron chi connectivity index (χ2n) is 6.42. The molecule has 126 valence electrons. The van der Waals surface area contributed by atoms with Gasteiger partial charge in [0.05, 0.1) is 18.1 Å². The highest BCUT2D eigenvalue weighted by atomic mass is 16.4. The van der Waals surface area contributed by atoms with E-state index in [-0.39, 0.29) is 5.91 Å². The number of nitrogens with one attached hydrogen (secondary N) is 1. The Balaban J connectivity index is 1.75. The predicted molar refractivity (Wildman–Crippen MR) is 86.8 cm³/mol. The average Bonchev–Trinajstić information content (AvgIpc) is 3.11. The van der Waals surface area contributed by atoms with Crippen molar-refractivity contribution in [1.82, 2.24) is 20.3 Å². The van der Waals surface area contributed by atoms with Gasteiger partial charge in [-0.3, -0.25) is 4.79 Å². The quantitative estimate of drug-likeness (QED) is 0.895. The van der Waals surface area contributed by atoms with Gasteiger partial charge >= 0.3 is 5.97 Å². The zero-order valence-electron chi connectivity index (χ0n) is 13.5. The van der Waals surface area contributed by atoms with Crippen LogP contribution in [0.25, 0.3) is 5.69 Å². The zero-order valence-corrected chi connectivity index (χ0v) is 13.5. The van der Waals surface area contributed by atoms with Gasteiger partial charge in [-0.2, -0.15) is 0 Å². The molecule has 7 nitrogen and oxygen atoms in total. The summed E-state index contributed by atoms with van der Waals surface area (Å²) >= 11 is 0. The maximum absolute atomic E-state index is 12.5. The van der Waals surface area contributed by atoms with Crippen LogP contribution in [0.1, 0.15) is 43.0 Å². The molecule has 0 saturated heterocycles. The largest absolute Gasteiger partial charge is 0.480 e. The molecule has 2 aromatic rings. The summed E-state index contributed by atoms with van der Waals surface area (Å²) in [6, 6.07) is 6.82. The van der Waals surface area contributed by atoms with Crippen molar-refractivity contribution >= 4 is 11.9 Å². The molecule has 2 N–H and O–H groups in total. The minimum atomic E-state index is -1.16. The van der Waals surface area contributed by atoms with Gasteiger partial charge in [0, 0.05) is 5.56 Å². The van der Waals surface area contributed by atoms with Gasteiger partial charge in [0.1, 0.15) is 5.54 Å². The Morgan fingerprint density at radius 1 is 1.25 bits per heavy atom. The summed E-state index contributed by atoms with van der Waals surface area (Å²) in [5, 5.41) is 20.0. The summed E-state index contributed by atoms with van der Waals surface area (Å²) < 4.78 is 1.59. The van der Waals surface area contributed by atoms with Crippen LogP contribution in [0.4, 0.5) is 0 Å². The molecule has 0 unspecified atom stereocenters. The monoisotopic (exact) mass is 328 g/mol. The third-order valence-corrected chi connectivity index (χ3v) is 4.71. The van der Waals surface area contributed by atoms with Crippen molar-refractivity contribution in [2.45, 2.75) is 38.1 Å². The predicted octanol–water partition coefficient (Wildman–Crippen LogP) is 2.03. The first kappa shape index (κ1) is 16.2. The Morgan fingerprint density at radius 3 is 2.46 bits per heavy atom. The summed E-state index contributed by atoms with van der Waals surface area (Å²) in [6.07, 6.45) is 5.81. The molecular weight excluding hydrogens is 308 g/mol. The molecule has 24 heavy (non-hydrogen) atoms. The Bertz CT molecular complexity index is 717. The lowest BCUT2D eigenvalue weighted by atomic mass is 9.77. The van der Waals surface area contributed by atoms with Crippen LogP contribution < -0.4 is 5.32 Å². The molecule has 1 fully saturated rings. The number of carbonyl (C=O) groups is 2. The Labute approximate surface area is 139 Å². The third kappa shape index (κ3) is 3.15. The van der Waals surface area contributed by atoms with E-state index in [4.69, 9.17) is 0 Å². The number of aromatic nitrogens is 3. The van der Waals surface area contributed by atoms with E-state index in [0.717, 1.165) is 18.5 Å². The van der Waals surface area contributed by atoms with Gasteiger partial charge in [0.25, 0.3) is 5.91 Å². The fourth-order valence-electron chi connectivity index (χ4n) is 3.05. The van der Waals surface area contributed by atoms with Gasteiger partial charge < -0.3 is 10.4 Å². The molecule has 7 heteroatoms. The van der Waals surface area contributed by atoms with Crippen LogP contribution in [0.15, 0.2) is 36.7 Å². The van der Waals surface area contributed by atoms with Crippen molar-refractivity contribution in [2.75, 3.05) is 0 Å². The first-order valence-corrected chi connectivity index (χ1v) is 8.03. The van der Waals surface area contributed by atoms with E-state index in [9.17, 15) is 14.7 Å². The number of carboxylic acid groups (broad SMARTS) is 1. The molecule has 0 radical (unpaired) electrons. The summed E-state index contributed by atoms with van der Waals surface area (Å²) in [4.78, 5) is 24.2. The van der Waals surface area contributed by atoms with Crippen molar-refractivity contribution in [3.8, 4) is 5.69 Å². The fourth-order valence-corrected chi connectivity index (χ4v) is 3.05. The van der Waals surface area contributed by atoms with Crippen molar-refractivity contribution < 1.29 is 14.7 Å². The van der Waals surface area contributed by atoms with Gasteiger partial charge in [0.2, 0.25) is 0 Å². The highest BCUT2D eigenvalue weighted by Gasteiger charge is 2.42. The summed E-state index contributed by atoms with van der Waals surface area (Å²) in [6.45, 7) is 2.11. The topological polar surface area (TPSA) is 97.1 Å². The summed E-state index contributed by atoms with van der Waals surface area (Å²) in [5.74, 6) is -0.824. The highest BCUT2D eigenvalue weighted by Crippen LogP contribution is 2.32. The second-order valence-corrected chi connectivity index (χ2v) is 6.42. The first-order valence-electron chi connectivity index (χ1n) is 8.03. The molecule has 1 aromatic heterocycles. The van der Waals surface area contributed by atoms with Crippen molar-refractivity contribution in [3.63, 3.8) is 0 Å². The van der Waals surface area contributed by atoms with Crippen LogP contribution in [-0.2, 0) is 4.79 Å². The van der Waals surface area contributed by atoms with Gasteiger partial charge in [-0.25, -0.2) is 9.48 Å². The number of carbonyl (C=O) groups excluding carboxylic acids is 1. The first-order chi connectivity index (χ1) is 11.5. The number of amides is 1. The van der Waals surface area contributed by atoms with Crippen LogP contribution in [0, 0.1) is 5.92 Å². The number of benzene rings is 1. The third-order valence-electron chi connectivity index (χ3n) is 4.71. The maximum Gasteiger partial charge on any atom is 0.329 e. The number of carboxylic acids is 1. The number of rotatable bonds is 4. The van der Waals surface area contributed by atoms with E-state index in [2.05, 4.69) is 22.6 Å². The van der Waals surface area contributed by atoms with Crippen LogP contribution in [0.3, 0.4) is 0 Å². The number of nitrogens with zero attached hydrogens (tertiary/aromatic N) is 3. The molecule has 1 saturated carbocycles. The molecule has 1 aliphatic rings. The number of aliphatic carboxylic acids is 1. The molecule has 1 amide bonds. The molecule has 0 spiro atoms. The lowest BCUT2D eigenvalue weighted by Crippen LogP contribution is -2.56. The molecule has 1 aromatic carbocycles. The zero-order chi connectivity index (χ0) is 17.2. The Morgan fingerprint density at radius 2 is 1.92 bits per heavy atom. The van der Waals surface area contributed by atoms with Gasteiger partial charge in [-0.1, -0.05) is 12.1 Å². The maximum atomic E-state index is 12.5. The molecule has 3 rings (SSSR count). The van der Waals surface area contributed by atoms with Crippen LogP contribution in [0.2, 0.25) is 0 Å². The van der Waals surface area contributed by atoms with Crippen LogP contribution in [0.5, 0.6) is 0 Å². The van der Waals surface area contributed by atoms with E-state index in [0.29, 0.717) is 24.3 Å². The molecule has 0 atom stereocenters. The summed E-state index contributed by atoms with van der Waals surface area (Å²) in [5.41, 5.74) is 0.0513. The minimum absolute atomic E-state index is 0.364. The summed E-state index contributed by atoms with van der Waals surface area (Å²) in [7, 11) is 0. The van der Waals surface area contributed by atoms with E-state index >= 15 is 0 Å². The molecule has 1 aliphatic carbocycles. The Hall–Kier alpha value is -2.70. The number of hydrogen-bond acceptors (Lipinski definition) is 4. The second kappa shape index (κ2) is 6.43. The molecular formula is C17H20N4O3. The van der Waals surface area contributed by atoms with E-state index < -0.39 is 11.5 Å². The SMILES string of the molecule is CC1CCC(NC(=O)c2ccc(-n3ccnn3)cc2)(C(=O)O)CC1. The van der Waals surface area contributed by atoms with Crippen LogP contribution >= 0.6 is 0 Å². The van der Waals surface area contributed by atoms with Crippen molar-refractivity contribution in [2.24, 2.45) is 5.92 Å². The normalized spacial score (nSPS) is 23.6. The minimum Gasteiger partial charge on any atom is -0.480 e. The van der Waals surface area contributed by atoms with Crippen LogP contribution in [-0.4, -0.2) is 37.5 Å².